The molecule has 2 aromatic carbocycles. The average Bonchev–Trinajstić information content (AvgIpc) is 3.55. The van der Waals surface area contributed by atoms with Crippen molar-refractivity contribution in [2.45, 2.75) is 82.6 Å². The van der Waals surface area contributed by atoms with Crippen molar-refractivity contribution in [1.29, 1.82) is 0 Å². The summed E-state index contributed by atoms with van der Waals surface area (Å²) in [7, 11) is 0. The Hall–Kier alpha value is -5.42. The van der Waals surface area contributed by atoms with Crippen LogP contribution in [0.3, 0.4) is 0 Å². The molecule has 16 nitrogen and oxygen atoms in total. The van der Waals surface area contributed by atoms with Gasteiger partial charge < -0.3 is 48.8 Å². The quantitative estimate of drug-likeness (QED) is 0.0620. The van der Waals surface area contributed by atoms with E-state index in [0.29, 0.717) is 23.3 Å². The van der Waals surface area contributed by atoms with E-state index in [4.69, 9.17) is 17.2 Å². The molecule has 0 saturated heterocycles. The van der Waals surface area contributed by atoms with Crippen molar-refractivity contribution in [2.24, 2.45) is 23.1 Å². The number of rotatable bonds is 23. The number of carbonyl (C=O) groups is 7. The van der Waals surface area contributed by atoms with Gasteiger partial charge in [0.25, 0.3) is 0 Å². The molecule has 3 aromatic rings. The molecule has 0 saturated carbocycles. The van der Waals surface area contributed by atoms with Gasteiger partial charge in [0.15, 0.2) is 0 Å². The Kier molecular flexibility index (Phi) is 17.7. The molecule has 0 aliphatic rings. The predicted octanol–water partition coefficient (Wildman–Crippen LogP) is -0.114. The second-order valence-corrected chi connectivity index (χ2v) is 14.7. The smallest absolute Gasteiger partial charge is 0.243 e. The second-order valence-electron chi connectivity index (χ2n) is 13.7. The van der Waals surface area contributed by atoms with Gasteiger partial charge in [0.05, 0.1) is 12.6 Å². The maximum Gasteiger partial charge on any atom is 0.243 e. The minimum absolute atomic E-state index is 0.0425. The lowest BCUT2D eigenvalue weighted by atomic mass is 10.0. The largest absolute Gasteiger partial charge is 0.370 e. The van der Waals surface area contributed by atoms with E-state index in [0.717, 1.165) is 10.9 Å². The normalized spacial score (nSPS) is 13.8. The van der Waals surface area contributed by atoms with E-state index in [-0.39, 0.29) is 38.0 Å². The SMILES string of the molecule is CSCC[C@H](NC(=O)[C@@H](N)CC(C)C)C(=O)N[C@@H](CCC(N)=O)C(=O)N[C@@H](Cc1c[nH]c2ccccc12)C(=O)N[C@@H](Cc1ccccc1)C(=O)NCC(N)=O. The number of H-pyrrole nitrogens is 1. The Morgan fingerprint density at radius 2 is 1.25 bits per heavy atom. The van der Waals surface area contributed by atoms with E-state index >= 15 is 0 Å². The van der Waals surface area contributed by atoms with Gasteiger partial charge in [0.1, 0.15) is 24.2 Å². The molecule has 55 heavy (non-hydrogen) atoms. The highest BCUT2D eigenvalue weighted by atomic mass is 32.2. The standard InChI is InChI=1S/C38H53N9O7S/c1-22(2)17-26(39)34(50)44-29(15-16-55-3)37(53)45-28(13-14-32(40)48)36(52)47-31(19-24-20-42-27-12-8-7-11-25(24)27)38(54)46-30(35(51)43-21-33(41)49)18-23-9-5-4-6-10-23/h4-12,20,22,26,28-31,42H,13-19,21,39H2,1-3H3,(H2,40,48)(H2,41,49)(H,43,51)(H,44,50)(H,45,53)(H,46,54)(H,47,52)/t26-,28-,29-,30-,31-/m0/s1. The summed E-state index contributed by atoms with van der Waals surface area (Å²) in [6, 6.07) is 10.5. The Morgan fingerprint density at radius 3 is 1.87 bits per heavy atom. The van der Waals surface area contributed by atoms with Gasteiger partial charge in [0, 0.05) is 36.4 Å². The number of carbonyl (C=O) groups excluding carboxylic acids is 7. The number of primary amides is 2. The molecule has 1 heterocycles. The molecule has 0 aliphatic heterocycles. The van der Waals surface area contributed by atoms with Gasteiger partial charge in [-0.3, -0.25) is 33.6 Å². The minimum atomic E-state index is -1.35. The summed E-state index contributed by atoms with van der Waals surface area (Å²) in [5, 5.41) is 14.0. The highest BCUT2D eigenvalue weighted by Gasteiger charge is 2.33. The fourth-order valence-electron chi connectivity index (χ4n) is 5.86. The number of para-hydroxylation sites is 1. The summed E-state index contributed by atoms with van der Waals surface area (Å²) in [4.78, 5) is 94.5. The molecule has 12 N–H and O–H groups in total. The monoisotopic (exact) mass is 779 g/mol. The van der Waals surface area contributed by atoms with E-state index in [9.17, 15) is 33.6 Å². The van der Waals surface area contributed by atoms with Gasteiger partial charge in [-0.15, -0.1) is 0 Å². The molecule has 7 amide bonds. The van der Waals surface area contributed by atoms with Crippen molar-refractivity contribution < 1.29 is 33.6 Å². The maximum absolute atomic E-state index is 14.2. The van der Waals surface area contributed by atoms with Crippen molar-refractivity contribution in [3.05, 3.63) is 71.9 Å². The van der Waals surface area contributed by atoms with Gasteiger partial charge in [0.2, 0.25) is 41.4 Å². The van der Waals surface area contributed by atoms with Gasteiger partial charge in [-0.05, 0) is 54.4 Å². The fourth-order valence-corrected chi connectivity index (χ4v) is 6.33. The molecule has 0 radical (unpaired) electrons. The molecular weight excluding hydrogens is 727 g/mol. The lowest BCUT2D eigenvalue weighted by Crippen LogP contribution is -2.59. The zero-order valence-electron chi connectivity index (χ0n) is 31.4. The fraction of sp³-hybridized carbons (Fsp3) is 0.447. The molecule has 0 spiro atoms. The number of hydrogen-bond acceptors (Lipinski definition) is 9. The minimum Gasteiger partial charge on any atom is -0.370 e. The van der Waals surface area contributed by atoms with Gasteiger partial charge in [-0.2, -0.15) is 11.8 Å². The van der Waals surface area contributed by atoms with Crippen LogP contribution in [-0.4, -0.2) is 95.1 Å². The number of nitrogens with one attached hydrogen (secondary N) is 6. The molecule has 1 aromatic heterocycles. The van der Waals surface area contributed by atoms with Crippen molar-refractivity contribution in [2.75, 3.05) is 18.6 Å². The van der Waals surface area contributed by atoms with Crippen molar-refractivity contribution in [3.8, 4) is 0 Å². The Bertz CT molecular complexity index is 1790. The predicted molar refractivity (Wildman–Crippen MR) is 211 cm³/mol. The zero-order chi connectivity index (χ0) is 40.5. The summed E-state index contributed by atoms with van der Waals surface area (Å²) < 4.78 is 0. The first-order valence-electron chi connectivity index (χ1n) is 18.1. The third kappa shape index (κ3) is 14.7. The number of hydrogen-bond donors (Lipinski definition) is 9. The van der Waals surface area contributed by atoms with Crippen LogP contribution in [0.2, 0.25) is 0 Å². The molecule has 298 valence electrons. The number of aromatic amines is 1. The molecular formula is C38H53N9O7S. The second kappa shape index (κ2) is 22.1. The van der Waals surface area contributed by atoms with Crippen LogP contribution in [0.1, 0.15) is 50.7 Å². The van der Waals surface area contributed by atoms with E-state index in [1.807, 2.05) is 44.4 Å². The number of benzene rings is 2. The highest BCUT2D eigenvalue weighted by molar-refractivity contribution is 7.98. The Balaban J connectivity index is 1.93. The molecule has 0 fully saturated rings. The topological polar surface area (TPSA) is 273 Å². The van der Waals surface area contributed by atoms with Crippen LogP contribution >= 0.6 is 11.8 Å². The van der Waals surface area contributed by atoms with Crippen LogP contribution in [0.5, 0.6) is 0 Å². The third-order valence-corrected chi connectivity index (χ3v) is 9.35. The molecule has 0 bridgehead atoms. The molecule has 5 atom stereocenters. The first kappa shape index (κ1) is 44.0. The number of thioether (sulfide) groups is 1. The van der Waals surface area contributed by atoms with E-state index in [1.54, 1.807) is 36.5 Å². The average molecular weight is 780 g/mol. The van der Waals surface area contributed by atoms with Gasteiger partial charge >= 0.3 is 0 Å². The number of aromatic nitrogens is 1. The van der Waals surface area contributed by atoms with Crippen LogP contribution < -0.4 is 43.8 Å². The number of amides is 7. The van der Waals surface area contributed by atoms with Crippen LogP contribution in [0, 0.1) is 5.92 Å². The summed E-state index contributed by atoms with van der Waals surface area (Å²) in [6.07, 6.45) is 3.68. The van der Waals surface area contributed by atoms with E-state index < -0.39 is 78.1 Å². The number of nitrogens with two attached hydrogens (primary N) is 3. The maximum atomic E-state index is 14.2. The Labute approximate surface area is 324 Å². The van der Waals surface area contributed by atoms with Crippen LogP contribution in [0.4, 0.5) is 0 Å². The summed E-state index contributed by atoms with van der Waals surface area (Å²) in [5.74, 6) is -4.29. The first-order chi connectivity index (χ1) is 26.2. The van der Waals surface area contributed by atoms with Crippen molar-refractivity contribution >= 4 is 64.0 Å². The summed E-state index contributed by atoms with van der Waals surface area (Å²) >= 11 is 1.46. The molecule has 3 rings (SSSR count). The van der Waals surface area contributed by atoms with Gasteiger partial charge in [-0.1, -0.05) is 62.4 Å². The van der Waals surface area contributed by atoms with Crippen molar-refractivity contribution in [1.82, 2.24) is 31.6 Å². The van der Waals surface area contributed by atoms with Crippen LogP contribution in [0.15, 0.2) is 60.8 Å². The van der Waals surface area contributed by atoms with E-state index in [2.05, 4.69) is 31.6 Å². The summed E-state index contributed by atoms with van der Waals surface area (Å²) in [6.45, 7) is 3.38. The summed E-state index contributed by atoms with van der Waals surface area (Å²) in [5.41, 5.74) is 18.9. The Morgan fingerprint density at radius 1 is 0.691 bits per heavy atom. The van der Waals surface area contributed by atoms with Crippen LogP contribution in [0.25, 0.3) is 10.9 Å². The number of fused-ring (bicyclic) bond motifs is 1. The zero-order valence-corrected chi connectivity index (χ0v) is 32.2. The lowest BCUT2D eigenvalue weighted by Gasteiger charge is -2.27. The van der Waals surface area contributed by atoms with E-state index in [1.165, 1.54) is 11.8 Å². The third-order valence-electron chi connectivity index (χ3n) is 8.70. The highest BCUT2D eigenvalue weighted by Crippen LogP contribution is 2.20. The van der Waals surface area contributed by atoms with Gasteiger partial charge in [-0.25, -0.2) is 0 Å². The van der Waals surface area contributed by atoms with Crippen molar-refractivity contribution in [3.63, 3.8) is 0 Å². The van der Waals surface area contributed by atoms with Crippen LogP contribution in [-0.2, 0) is 46.4 Å². The molecule has 0 aliphatic carbocycles. The first-order valence-corrected chi connectivity index (χ1v) is 19.5. The lowest BCUT2D eigenvalue weighted by molar-refractivity contribution is -0.135. The molecule has 17 heteroatoms. The molecule has 0 unspecified atom stereocenters.